The highest BCUT2D eigenvalue weighted by molar-refractivity contribution is 6.64. The molecule has 0 saturated carbocycles. The van der Waals surface area contributed by atoms with E-state index in [1.54, 1.807) is 12.1 Å². The van der Waals surface area contributed by atoms with Gasteiger partial charge in [-0.1, -0.05) is 34.8 Å². The van der Waals surface area contributed by atoms with Gasteiger partial charge in [0.05, 0.1) is 9.12 Å². The molecule has 0 aliphatic rings. The molecule has 0 radical (unpaired) electrons. The third kappa shape index (κ3) is 2.26. The van der Waals surface area contributed by atoms with E-state index in [0.717, 1.165) is 9.27 Å². The second-order valence-electron chi connectivity index (χ2n) is 1.59. The van der Waals surface area contributed by atoms with Crippen molar-refractivity contribution in [2.24, 2.45) is 0 Å². The molecule has 0 N–H and O–H groups in total. The SMILES string of the molecule is Clc1cc(Cl)[siH]c(Cl)c1. The molecule has 9 heavy (non-hydrogen) atoms. The predicted octanol–water partition coefficient (Wildman–Crippen LogP) is 2.72. The topological polar surface area (TPSA) is 0 Å². The molecule has 0 fully saturated rings. The Morgan fingerprint density at radius 1 is 1.00 bits per heavy atom. The van der Waals surface area contributed by atoms with Crippen LogP contribution in [0.1, 0.15) is 0 Å². The molecule has 0 aromatic carbocycles. The summed E-state index contributed by atoms with van der Waals surface area (Å²) < 4.78 is 1.54. The van der Waals surface area contributed by atoms with Crippen molar-refractivity contribution < 1.29 is 0 Å². The summed E-state index contributed by atoms with van der Waals surface area (Å²) in [4.78, 5) is 0. The molecule has 1 rings (SSSR count). The van der Waals surface area contributed by atoms with Gasteiger partial charge in [-0.25, -0.2) is 0 Å². The summed E-state index contributed by atoms with van der Waals surface area (Å²) in [5.41, 5.74) is 0. The first kappa shape index (κ1) is 7.54. The molecule has 48 valence electrons. The van der Waals surface area contributed by atoms with E-state index in [0.29, 0.717) is 5.02 Å². The van der Waals surface area contributed by atoms with Crippen LogP contribution >= 0.6 is 34.8 Å². The second kappa shape index (κ2) is 3.02. The minimum Gasteiger partial charge on any atom is -0.0901 e. The molecule has 1 aromatic rings. The van der Waals surface area contributed by atoms with Crippen LogP contribution in [0.15, 0.2) is 12.1 Å². The molecular formula is C5H3Cl3Si. The minimum atomic E-state index is -0.0719. The van der Waals surface area contributed by atoms with Gasteiger partial charge < -0.3 is 0 Å². The van der Waals surface area contributed by atoms with Crippen LogP contribution in [0.4, 0.5) is 0 Å². The molecule has 0 amide bonds. The average molecular weight is 198 g/mol. The van der Waals surface area contributed by atoms with Gasteiger partial charge in [-0.3, -0.25) is 0 Å². The van der Waals surface area contributed by atoms with Crippen LogP contribution < -0.4 is 0 Å². The van der Waals surface area contributed by atoms with Crippen molar-refractivity contribution in [1.82, 2.24) is 0 Å². The van der Waals surface area contributed by atoms with Gasteiger partial charge in [0.2, 0.25) is 0 Å². The lowest BCUT2D eigenvalue weighted by molar-refractivity contribution is 1.85. The van der Waals surface area contributed by atoms with Crippen LogP contribution in [0.3, 0.4) is 0 Å². The summed E-state index contributed by atoms with van der Waals surface area (Å²) in [5.74, 6) is 0. The number of rotatable bonds is 0. The summed E-state index contributed by atoms with van der Waals surface area (Å²) in [6.07, 6.45) is 0. The minimum absolute atomic E-state index is 0.0719. The van der Waals surface area contributed by atoms with Crippen LogP contribution in [0.2, 0.25) is 14.3 Å². The van der Waals surface area contributed by atoms with Gasteiger partial charge in [-0.2, -0.15) is 0 Å². The lowest BCUT2D eigenvalue weighted by Gasteiger charge is -1.91. The summed E-state index contributed by atoms with van der Waals surface area (Å²) in [6, 6.07) is 3.45. The van der Waals surface area contributed by atoms with Crippen molar-refractivity contribution in [2.75, 3.05) is 0 Å². The van der Waals surface area contributed by atoms with Gasteiger partial charge in [0.15, 0.2) is 0 Å². The Kier molecular flexibility index (Phi) is 2.53. The molecule has 0 unspecified atom stereocenters. The van der Waals surface area contributed by atoms with E-state index in [2.05, 4.69) is 0 Å². The molecule has 0 aliphatic heterocycles. The van der Waals surface area contributed by atoms with Crippen molar-refractivity contribution in [3.8, 4) is 0 Å². The van der Waals surface area contributed by atoms with E-state index in [-0.39, 0.29) is 9.12 Å². The first-order valence-corrected chi connectivity index (χ1v) is 4.59. The van der Waals surface area contributed by atoms with Crippen LogP contribution in [0.5, 0.6) is 0 Å². The summed E-state index contributed by atoms with van der Waals surface area (Å²) in [7, 11) is -0.0719. The van der Waals surface area contributed by atoms with Gasteiger partial charge in [-0.15, -0.1) is 0 Å². The van der Waals surface area contributed by atoms with Crippen LogP contribution in [-0.2, 0) is 0 Å². The van der Waals surface area contributed by atoms with E-state index in [9.17, 15) is 0 Å². The zero-order valence-corrected chi connectivity index (χ0v) is 7.79. The Hall–Kier alpha value is 0.437. The van der Waals surface area contributed by atoms with Crippen molar-refractivity contribution in [3.63, 3.8) is 0 Å². The standard InChI is InChI=1S/C5H3Cl3Si/c6-3-1-4(7)9-5(8)2-3/h1-2,9H. The third-order valence-corrected chi connectivity index (χ3v) is 2.80. The molecule has 0 saturated heterocycles. The van der Waals surface area contributed by atoms with E-state index in [1.807, 2.05) is 0 Å². The molecule has 0 atom stereocenters. The lowest BCUT2D eigenvalue weighted by atomic mass is 10.6. The van der Waals surface area contributed by atoms with Gasteiger partial charge in [-0.05, 0) is 12.1 Å². The normalized spacial score (nSPS) is 9.67. The number of halogens is 3. The summed E-state index contributed by atoms with van der Waals surface area (Å²) >= 11 is 17.0. The zero-order chi connectivity index (χ0) is 6.85. The quantitative estimate of drug-likeness (QED) is 0.561. The van der Waals surface area contributed by atoms with Crippen LogP contribution in [0, 0.1) is 0 Å². The Labute approximate surface area is 70.5 Å². The van der Waals surface area contributed by atoms with Gasteiger partial charge in [0.25, 0.3) is 0 Å². The highest BCUT2D eigenvalue weighted by atomic mass is 35.5. The second-order valence-corrected chi connectivity index (χ2v) is 5.16. The Bertz CT molecular complexity index is 173. The van der Waals surface area contributed by atoms with Crippen molar-refractivity contribution in [3.05, 3.63) is 26.4 Å². The van der Waals surface area contributed by atoms with Crippen molar-refractivity contribution in [1.29, 1.82) is 0 Å². The lowest BCUT2D eigenvalue weighted by Crippen LogP contribution is -1.75. The van der Waals surface area contributed by atoms with Gasteiger partial charge >= 0.3 is 0 Å². The highest BCUT2D eigenvalue weighted by Gasteiger charge is 1.92. The molecule has 1 aromatic heterocycles. The average Bonchev–Trinajstić information content (AvgIpc) is 1.59. The van der Waals surface area contributed by atoms with Crippen molar-refractivity contribution in [2.45, 2.75) is 0 Å². The fourth-order valence-corrected chi connectivity index (χ4v) is 2.98. The molecule has 0 nitrogen and oxygen atoms in total. The first-order chi connectivity index (χ1) is 4.18. The Morgan fingerprint density at radius 2 is 1.44 bits per heavy atom. The van der Waals surface area contributed by atoms with Crippen LogP contribution in [-0.4, -0.2) is 9.12 Å². The van der Waals surface area contributed by atoms with E-state index in [4.69, 9.17) is 34.8 Å². The molecule has 0 spiro atoms. The fourth-order valence-electron chi connectivity index (χ4n) is 0.520. The van der Waals surface area contributed by atoms with Gasteiger partial charge in [0.1, 0.15) is 0 Å². The first-order valence-electron chi connectivity index (χ1n) is 2.30. The Morgan fingerprint density at radius 3 is 1.78 bits per heavy atom. The maximum absolute atomic E-state index is 5.67. The Balaban J connectivity index is 3.17. The molecule has 0 aliphatic carbocycles. The molecule has 0 bridgehead atoms. The largest absolute Gasteiger partial charge is 0.0901 e. The number of hydrogen-bond donors (Lipinski definition) is 0. The maximum Gasteiger partial charge on any atom is 0.0683 e. The molecule has 4 heteroatoms. The van der Waals surface area contributed by atoms with Crippen molar-refractivity contribution >= 4 is 43.9 Å². The predicted molar refractivity (Wildman–Crippen MR) is 44.2 cm³/mol. The summed E-state index contributed by atoms with van der Waals surface area (Å²) in [5, 5.41) is 0.615. The molecular weight excluding hydrogens is 194 g/mol. The smallest absolute Gasteiger partial charge is 0.0683 e. The van der Waals surface area contributed by atoms with Gasteiger partial charge in [0, 0.05) is 14.3 Å². The fraction of sp³-hybridized carbons (Fsp3) is 0. The molecule has 1 heterocycles. The van der Waals surface area contributed by atoms with E-state index >= 15 is 0 Å². The zero-order valence-electron chi connectivity index (χ0n) is 4.37. The van der Waals surface area contributed by atoms with Crippen LogP contribution in [0.25, 0.3) is 0 Å². The monoisotopic (exact) mass is 196 g/mol. The third-order valence-electron chi connectivity index (χ3n) is 0.827. The number of hydrogen-bond acceptors (Lipinski definition) is 0. The summed E-state index contributed by atoms with van der Waals surface area (Å²) in [6.45, 7) is 0. The van der Waals surface area contributed by atoms with E-state index < -0.39 is 0 Å². The maximum atomic E-state index is 5.67. The highest BCUT2D eigenvalue weighted by Crippen LogP contribution is 2.17. The van der Waals surface area contributed by atoms with E-state index in [1.165, 1.54) is 0 Å².